The molecule has 5 nitrogen and oxygen atoms in total. The summed E-state index contributed by atoms with van der Waals surface area (Å²) in [6.07, 6.45) is 1.05. The van der Waals surface area contributed by atoms with Gasteiger partial charge in [-0.3, -0.25) is 9.59 Å². The minimum absolute atomic E-state index is 0. The molecule has 130 valence electrons. The van der Waals surface area contributed by atoms with Crippen LogP contribution in [0.1, 0.15) is 49.5 Å². The molecular weight excluding hydrogens is 314 g/mol. The first-order chi connectivity index (χ1) is 10.3. The molecular formula is C17H28ClN3O2. The number of halogens is 1. The largest absolute Gasteiger partial charge is 0.352 e. The van der Waals surface area contributed by atoms with Crippen LogP contribution < -0.4 is 16.4 Å². The molecule has 0 saturated heterocycles. The molecule has 23 heavy (non-hydrogen) atoms. The van der Waals surface area contributed by atoms with E-state index in [2.05, 4.69) is 10.6 Å². The van der Waals surface area contributed by atoms with E-state index < -0.39 is 0 Å². The summed E-state index contributed by atoms with van der Waals surface area (Å²) < 4.78 is 0. The fraction of sp³-hybridized carbons (Fsp3) is 0.529. The molecule has 1 atom stereocenters. The molecule has 0 radical (unpaired) electrons. The highest BCUT2D eigenvalue weighted by atomic mass is 35.5. The molecule has 1 unspecified atom stereocenters. The Balaban J connectivity index is 0.00000484. The third kappa shape index (κ3) is 8.00. The average molecular weight is 342 g/mol. The van der Waals surface area contributed by atoms with Gasteiger partial charge in [0.15, 0.2) is 0 Å². The van der Waals surface area contributed by atoms with Crippen LogP contribution in [0.25, 0.3) is 0 Å². The van der Waals surface area contributed by atoms with Crippen LogP contribution >= 0.6 is 12.4 Å². The van der Waals surface area contributed by atoms with Gasteiger partial charge >= 0.3 is 0 Å². The maximum Gasteiger partial charge on any atom is 0.251 e. The van der Waals surface area contributed by atoms with Crippen molar-refractivity contribution >= 4 is 29.9 Å². The van der Waals surface area contributed by atoms with Gasteiger partial charge in [0.05, 0.1) is 0 Å². The van der Waals surface area contributed by atoms with Crippen LogP contribution in [0.15, 0.2) is 18.2 Å². The number of amides is 2. The molecule has 0 aliphatic heterocycles. The van der Waals surface area contributed by atoms with Crippen molar-refractivity contribution in [1.29, 1.82) is 0 Å². The number of nitrogens with one attached hydrogen (secondary N) is 2. The molecule has 6 heteroatoms. The van der Waals surface area contributed by atoms with Gasteiger partial charge in [0.2, 0.25) is 5.91 Å². The average Bonchev–Trinajstić information content (AvgIpc) is 2.44. The second kappa shape index (κ2) is 10.2. The maximum absolute atomic E-state index is 12.0. The van der Waals surface area contributed by atoms with Crippen molar-refractivity contribution < 1.29 is 9.59 Å². The summed E-state index contributed by atoms with van der Waals surface area (Å²) in [5, 5.41) is 5.73. The number of hydrogen-bond acceptors (Lipinski definition) is 3. The Morgan fingerprint density at radius 2 is 1.87 bits per heavy atom. The molecule has 0 bridgehead atoms. The lowest BCUT2D eigenvalue weighted by atomic mass is 10.1. The second-order valence-electron chi connectivity index (χ2n) is 6.20. The Kier molecular flexibility index (Phi) is 9.53. The van der Waals surface area contributed by atoms with Crippen LogP contribution in [0.3, 0.4) is 0 Å². The lowest BCUT2D eigenvalue weighted by Gasteiger charge is -2.12. The number of anilines is 1. The molecule has 0 heterocycles. The normalized spacial score (nSPS) is 11.6. The number of benzene rings is 1. The first kappa shape index (κ1) is 21.4. The number of rotatable bonds is 7. The monoisotopic (exact) mass is 341 g/mol. The first-order valence-electron chi connectivity index (χ1n) is 7.74. The zero-order valence-corrected chi connectivity index (χ0v) is 15.1. The molecule has 1 aromatic rings. The molecule has 0 aliphatic carbocycles. The predicted molar refractivity (Wildman–Crippen MR) is 97.1 cm³/mol. The molecule has 0 fully saturated rings. The first-order valence-corrected chi connectivity index (χ1v) is 7.74. The van der Waals surface area contributed by atoms with Crippen LogP contribution in [0.5, 0.6) is 0 Å². The molecule has 0 spiro atoms. The second-order valence-corrected chi connectivity index (χ2v) is 6.20. The highest BCUT2D eigenvalue weighted by Crippen LogP contribution is 2.17. The van der Waals surface area contributed by atoms with Gasteiger partial charge in [-0.1, -0.05) is 13.8 Å². The van der Waals surface area contributed by atoms with Crippen LogP contribution in [-0.2, 0) is 4.79 Å². The van der Waals surface area contributed by atoms with Gasteiger partial charge in [-0.25, -0.2) is 0 Å². The zero-order chi connectivity index (χ0) is 16.7. The minimum atomic E-state index is -0.0911. The highest BCUT2D eigenvalue weighted by molar-refractivity contribution is 5.96. The van der Waals surface area contributed by atoms with Gasteiger partial charge in [-0.15, -0.1) is 12.4 Å². The van der Waals surface area contributed by atoms with E-state index in [4.69, 9.17) is 5.73 Å². The van der Waals surface area contributed by atoms with Gasteiger partial charge < -0.3 is 16.4 Å². The Hall–Kier alpha value is -1.59. The van der Waals surface area contributed by atoms with Crippen molar-refractivity contribution in [2.45, 2.75) is 46.6 Å². The number of hydrogen-bond donors (Lipinski definition) is 3. The van der Waals surface area contributed by atoms with Gasteiger partial charge in [0, 0.05) is 30.3 Å². The van der Waals surface area contributed by atoms with Gasteiger partial charge in [-0.05, 0) is 49.9 Å². The summed E-state index contributed by atoms with van der Waals surface area (Å²) in [7, 11) is 0. The smallest absolute Gasteiger partial charge is 0.251 e. The van der Waals surface area contributed by atoms with E-state index in [0.717, 1.165) is 11.3 Å². The summed E-state index contributed by atoms with van der Waals surface area (Å²) in [4.78, 5) is 23.8. The van der Waals surface area contributed by atoms with E-state index in [-0.39, 0.29) is 30.3 Å². The Morgan fingerprint density at radius 3 is 2.39 bits per heavy atom. The summed E-state index contributed by atoms with van der Waals surface area (Å²) in [5.41, 5.74) is 7.84. The van der Waals surface area contributed by atoms with Crippen molar-refractivity contribution in [2.75, 3.05) is 11.9 Å². The predicted octanol–water partition coefficient (Wildman–Crippen LogP) is 2.87. The summed E-state index contributed by atoms with van der Waals surface area (Å²) in [5.74, 6) is 0.262. The summed E-state index contributed by atoms with van der Waals surface area (Å²) in [6, 6.07) is 5.29. The van der Waals surface area contributed by atoms with E-state index in [1.165, 1.54) is 0 Å². The summed E-state index contributed by atoms with van der Waals surface area (Å²) in [6.45, 7) is 8.50. The lowest BCUT2D eigenvalue weighted by Crippen LogP contribution is -2.27. The number of carbonyl (C=O) groups excluding carboxylic acids is 2. The molecule has 0 aromatic heterocycles. The van der Waals surface area contributed by atoms with E-state index in [0.29, 0.717) is 30.9 Å². The number of nitrogens with two attached hydrogens (primary N) is 1. The molecule has 1 rings (SSSR count). The van der Waals surface area contributed by atoms with Gasteiger partial charge in [0.25, 0.3) is 5.91 Å². The van der Waals surface area contributed by atoms with Crippen LogP contribution in [-0.4, -0.2) is 24.4 Å². The Morgan fingerprint density at radius 1 is 1.22 bits per heavy atom. The topological polar surface area (TPSA) is 84.2 Å². The molecule has 2 amide bonds. The third-order valence-electron chi connectivity index (χ3n) is 3.26. The SMILES string of the molecule is Cc1cc(C(=O)NCC(C)C)ccc1NC(=O)CCC(C)N.Cl. The molecule has 0 saturated carbocycles. The lowest BCUT2D eigenvalue weighted by molar-refractivity contribution is -0.116. The Labute approximate surface area is 144 Å². The van der Waals surface area contributed by atoms with Crippen molar-refractivity contribution in [3.8, 4) is 0 Å². The highest BCUT2D eigenvalue weighted by Gasteiger charge is 2.10. The van der Waals surface area contributed by atoms with E-state index in [1.807, 2.05) is 27.7 Å². The van der Waals surface area contributed by atoms with E-state index in [9.17, 15) is 9.59 Å². The molecule has 4 N–H and O–H groups in total. The van der Waals surface area contributed by atoms with E-state index in [1.54, 1.807) is 18.2 Å². The van der Waals surface area contributed by atoms with Crippen LogP contribution in [0.2, 0.25) is 0 Å². The third-order valence-corrected chi connectivity index (χ3v) is 3.26. The van der Waals surface area contributed by atoms with E-state index >= 15 is 0 Å². The number of carbonyl (C=O) groups is 2. The van der Waals surface area contributed by atoms with Gasteiger partial charge in [-0.2, -0.15) is 0 Å². The zero-order valence-electron chi connectivity index (χ0n) is 14.3. The fourth-order valence-electron chi connectivity index (χ4n) is 1.92. The van der Waals surface area contributed by atoms with Gasteiger partial charge in [0.1, 0.15) is 0 Å². The fourth-order valence-corrected chi connectivity index (χ4v) is 1.92. The standard InChI is InChI=1S/C17H27N3O2.ClH/c1-11(2)10-19-17(22)14-6-7-15(12(3)9-14)20-16(21)8-5-13(4)18;/h6-7,9,11,13H,5,8,10,18H2,1-4H3,(H,19,22)(H,20,21);1H. The quantitative estimate of drug-likeness (QED) is 0.713. The summed E-state index contributed by atoms with van der Waals surface area (Å²) >= 11 is 0. The van der Waals surface area contributed by atoms with Crippen LogP contribution in [0, 0.1) is 12.8 Å². The maximum atomic E-state index is 12.0. The number of aryl methyl sites for hydroxylation is 1. The van der Waals surface area contributed by atoms with Crippen molar-refractivity contribution in [3.05, 3.63) is 29.3 Å². The van der Waals surface area contributed by atoms with Crippen molar-refractivity contribution in [1.82, 2.24) is 5.32 Å². The van der Waals surface area contributed by atoms with Crippen molar-refractivity contribution in [2.24, 2.45) is 11.7 Å². The minimum Gasteiger partial charge on any atom is -0.352 e. The molecule has 0 aliphatic rings. The Bertz CT molecular complexity index is 531. The van der Waals surface area contributed by atoms with Crippen LogP contribution in [0.4, 0.5) is 5.69 Å². The van der Waals surface area contributed by atoms with Crippen molar-refractivity contribution in [3.63, 3.8) is 0 Å². The molecule has 1 aromatic carbocycles.